The van der Waals surface area contributed by atoms with Gasteiger partial charge in [0.15, 0.2) is 17.5 Å². The minimum atomic E-state index is 0.264. The summed E-state index contributed by atoms with van der Waals surface area (Å²) in [4.78, 5) is 4.52. The first kappa shape index (κ1) is 17.4. The van der Waals surface area contributed by atoms with Crippen LogP contribution in [0, 0.1) is 5.41 Å². The van der Waals surface area contributed by atoms with Crippen LogP contribution in [0.1, 0.15) is 25.7 Å². The molecule has 1 aliphatic rings. The van der Waals surface area contributed by atoms with Crippen molar-refractivity contribution in [2.75, 3.05) is 39.8 Å². The molecular weight excluding hydrogens is 294 g/mol. The fourth-order valence-corrected chi connectivity index (χ4v) is 2.84. The standard InChI is InChI=1S/C17H27N3O3/c1-21-10-9-17(7-4-8-17)12-19-16(18)20-13-5-6-14(22-2)15(11-13)23-3/h5-6,11H,4,7-10,12H2,1-3H3,(H3,18,19,20). The lowest BCUT2D eigenvalue weighted by atomic mass is 9.67. The number of guanidine groups is 1. The van der Waals surface area contributed by atoms with Crippen LogP contribution in [0.3, 0.4) is 0 Å². The van der Waals surface area contributed by atoms with Crippen molar-refractivity contribution < 1.29 is 14.2 Å². The molecule has 128 valence electrons. The molecule has 1 saturated carbocycles. The number of benzene rings is 1. The number of ether oxygens (including phenoxy) is 3. The molecule has 0 heterocycles. The SMILES string of the molecule is COCCC1(CN=C(N)Nc2ccc(OC)c(OC)c2)CCC1. The maximum atomic E-state index is 6.02. The van der Waals surface area contributed by atoms with E-state index in [0.29, 0.717) is 17.5 Å². The molecule has 0 aliphatic heterocycles. The summed E-state index contributed by atoms with van der Waals surface area (Å²) in [6, 6.07) is 5.56. The lowest BCUT2D eigenvalue weighted by Crippen LogP contribution is -2.35. The predicted molar refractivity (Wildman–Crippen MR) is 92.4 cm³/mol. The molecule has 6 nitrogen and oxygen atoms in total. The first-order valence-corrected chi connectivity index (χ1v) is 7.90. The molecule has 0 unspecified atom stereocenters. The van der Waals surface area contributed by atoms with Crippen molar-refractivity contribution in [3.05, 3.63) is 18.2 Å². The van der Waals surface area contributed by atoms with Crippen molar-refractivity contribution in [2.45, 2.75) is 25.7 Å². The average Bonchev–Trinajstić information content (AvgIpc) is 2.53. The van der Waals surface area contributed by atoms with Gasteiger partial charge in [-0.05, 0) is 36.8 Å². The normalized spacial score (nSPS) is 16.6. The number of aliphatic imine (C=N–C) groups is 1. The van der Waals surface area contributed by atoms with Gasteiger partial charge >= 0.3 is 0 Å². The maximum Gasteiger partial charge on any atom is 0.193 e. The number of hydrogen-bond acceptors (Lipinski definition) is 4. The van der Waals surface area contributed by atoms with Crippen molar-refractivity contribution in [1.29, 1.82) is 0 Å². The summed E-state index contributed by atoms with van der Waals surface area (Å²) in [5.74, 6) is 1.75. The average molecular weight is 321 g/mol. The van der Waals surface area contributed by atoms with E-state index in [1.807, 2.05) is 18.2 Å². The molecule has 0 aromatic heterocycles. The van der Waals surface area contributed by atoms with Gasteiger partial charge in [0.2, 0.25) is 0 Å². The number of nitrogens with one attached hydrogen (secondary N) is 1. The lowest BCUT2D eigenvalue weighted by Gasteiger charge is -2.40. The topological polar surface area (TPSA) is 78.1 Å². The zero-order chi connectivity index (χ0) is 16.7. The Morgan fingerprint density at radius 3 is 2.52 bits per heavy atom. The van der Waals surface area contributed by atoms with Crippen molar-refractivity contribution in [2.24, 2.45) is 16.1 Å². The molecule has 0 bridgehead atoms. The summed E-state index contributed by atoms with van der Waals surface area (Å²) in [5, 5.41) is 3.11. The summed E-state index contributed by atoms with van der Waals surface area (Å²) in [5.41, 5.74) is 7.10. The first-order chi connectivity index (χ1) is 11.1. The number of methoxy groups -OCH3 is 3. The third-order valence-electron chi connectivity index (χ3n) is 4.49. The minimum Gasteiger partial charge on any atom is -0.493 e. The molecule has 0 saturated heterocycles. The number of anilines is 1. The highest BCUT2D eigenvalue weighted by Crippen LogP contribution is 2.44. The van der Waals surface area contributed by atoms with Gasteiger partial charge in [-0.1, -0.05) is 6.42 Å². The van der Waals surface area contributed by atoms with Gasteiger partial charge in [-0.2, -0.15) is 0 Å². The Balaban J connectivity index is 1.96. The van der Waals surface area contributed by atoms with Crippen molar-refractivity contribution in [3.8, 4) is 11.5 Å². The summed E-state index contributed by atoms with van der Waals surface area (Å²) in [7, 11) is 4.96. The Hall–Kier alpha value is -1.95. The molecule has 0 amide bonds. The molecule has 1 aliphatic carbocycles. The minimum absolute atomic E-state index is 0.264. The highest BCUT2D eigenvalue weighted by atomic mass is 16.5. The Morgan fingerprint density at radius 1 is 1.22 bits per heavy atom. The summed E-state index contributed by atoms with van der Waals surface area (Å²) in [6.07, 6.45) is 4.70. The molecule has 0 spiro atoms. The van der Waals surface area contributed by atoms with Gasteiger partial charge in [-0.3, -0.25) is 4.99 Å². The Morgan fingerprint density at radius 2 is 1.96 bits per heavy atom. The van der Waals surface area contributed by atoms with Crippen LogP contribution < -0.4 is 20.5 Å². The third kappa shape index (κ3) is 4.51. The van der Waals surface area contributed by atoms with Gasteiger partial charge in [-0.15, -0.1) is 0 Å². The number of nitrogens with zero attached hydrogens (tertiary/aromatic N) is 1. The monoisotopic (exact) mass is 321 g/mol. The fourth-order valence-electron chi connectivity index (χ4n) is 2.84. The van der Waals surface area contributed by atoms with Crippen LogP contribution >= 0.6 is 0 Å². The van der Waals surface area contributed by atoms with Crippen LogP contribution in [0.2, 0.25) is 0 Å². The second-order valence-corrected chi connectivity index (χ2v) is 5.99. The predicted octanol–water partition coefficient (Wildman–Crippen LogP) is 2.64. The van der Waals surface area contributed by atoms with E-state index in [4.69, 9.17) is 19.9 Å². The van der Waals surface area contributed by atoms with Crippen molar-refractivity contribution in [3.63, 3.8) is 0 Å². The van der Waals surface area contributed by atoms with E-state index in [2.05, 4.69) is 10.3 Å². The van der Waals surface area contributed by atoms with E-state index in [1.54, 1.807) is 21.3 Å². The molecule has 6 heteroatoms. The zero-order valence-corrected chi connectivity index (χ0v) is 14.2. The smallest absolute Gasteiger partial charge is 0.193 e. The molecule has 23 heavy (non-hydrogen) atoms. The second kappa shape index (κ2) is 8.06. The molecular formula is C17H27N3O3. The lowest BCUT2D eigenvalue weighted by molar-refractivity contribution is 0.0780. The molecule has 0 radical (unpaired) electrons. The second-order valence-electron chi connectivity index (χ2n) is 5.99. The van der Waals surface area contributed by atoms with E-state index < -0.39 is 0 Å². The van der Waals surface area contributed by atoms with Gasteiger partial charge in [0, 0.05) is 32.0 Å². The van der Waals surface area contributed by atoms with Crippen molar-refractivity contribution in [1.82, 2.24) is 0 Å². The Bertz CT molecular complexity index is 542. The van der Waals surface area contributed by atoms with Crippen LogP contribution in [-0.2, 0) is 4.74 Å². The molecule has 1 aromatic rings. The third-order valence-corrected chi connectivity index (χ3v) is 4.49. The summed E-state index contributed by atoms with van der Waals surface area (Å²) < 4.78 is 15.7. The van der Waals surface area contributed by atoms with Gasteiger partial charge in [0.25, 0.3) is 0 Å². The Labute approximate surface area is 138 Å². The van der Waals surface area contributed by atoms with Crippen LogP contribution in [0.5, 0.6) is 11.5 Å². The van der Waals surface area contributed by atoms with Crippen LogP contribution in [0.4, 0.5) is 5.69 Å². The van der Waals surface area contributed by atoms with Crippen LogP contribution in [0.25, 0.3) is 0 Å². The maximum absolute atomic E-state index is 6.02. The van der Waals surface area contributed by atoms with E-state index >= 15 is 0 Å². The quantitative estimate of drug-likeness (QED) is 0.568. The van der Waals surface area contributed by atoms with E-state index in [0.717, 1.165) is 25.3 Å². The summed E-state index contributed by atoms with van der Waals surface area (Å²) >= 11 is 0. The number of nitrogens with two attached hydrogens (primary N) is 1. The fraction of sp³-hybridized carbons (Fsp3) is 0.588. The molecule has 3 N–H and O–H groups in total. The van der Waals surface area contributed by atoms with E-state index in [1.165, 1.54) is 19.3 Å². The summed E-state index contributed by atoms with van der Waals surface area (Å²) in [6.45, 7) is 1.51. The zero-order valence-electron chi connectivity index (χ0n) is 14.2. The molecule has 0 atom stereocenters. The number of hydrogen-bond donors (Lipinski definition) is 2. The largest absolute Gasteiger partial charge is 0.493 e. The van der Waals surface area contributed by atoms with Gasteiger partial charge in [0.1, 0.15) is 0 Å². The van der Waals surface area contributed by atoms with Crippen LogP contribution in [0.15, 0.2) is 23.2 Å². The van der Waals surface area contributed by atoms with Crippen molar-refractivity contribution >= 4 is 11.6 Å². The van der Waals surface area contributed by atoms with Gasteiger partial charge < -0.3 is 25.3 Å². The molecule has 1 aromatic carbocycles. The van der Waals surface area contributed by atoms with Gasteiger partial charge in [0.05, 0.1) is 14.2 Å². The highest BCUT2D eigenvalue weighted by molar-refractivity contribution is 5.92. The van der Waals surface area contributed by atoms with E-state index in [-0.39, 0.29) is 5.41 Å². The van der Waals surface area contributed by atoms with Gasteiger partial charge in [-0.25, -0.2) is 0 Å². The van der Waals surface area contributed by atoms with E-state index in [9.17, 15) is 0 Å². The highest BCUT2D eigenvalue weighted by Gasteiger charge is 2.36. The first-order valence-electron chi connectivity index (χ1n) is 7.90. The molecule has 1 fully saturated rings. The van der Waals surface area contributed by atoms with Crippen LogP contribution in [-0.4, -0.2) is 40.4 Å². The number of rotatable bonds is 8. The molecule has 2 rings (SSSR count). The Kier molecular flexibility index (Phi) is 6.10.